The lowest BCUT2D eigenvalue weighted by atomic mass is 9.79. The molecule has 1 aliphatic carbocycles. The highest BCUT2D eigenvalue weighted by atomic mass is 16.3. The van der Waals surface area contributed by atoms with Crippen LogP contribution in [0.4, 0.5) is 0 Å². The Balaban J connectivity index is 2.16. The Morgan fingerprint density at radius 2 is 1.56 bits per heavy atom. The van der Waals surface area contributed by atoms with Gasteiger partial charge >= 0.3 is 0 Å². The smallest absolute Gasteiger partial charge is 0.0896 e. The number of benzene rings is 1. The van der Waals surface area contributed by atoms with Gasteiger partial charge in [0.05, 0.1) is 5.60 Å². The van der Waals surface area contributed by atoms with Crippen LogP contribution in [0.3, 0.4) is 0 Å². The van der Waals surface area contributed by atoms with Crippen molar-refractivity contribution in [2.24, 2.45) is 5.92 Å². The summed E-state index contributed by atoms with van der Waals surface area (Å²) in [5, 5.41) is 10.7. The van der Waals surface area contributed by atoms with Gasteiger partial charge in [0.1, 0.15) is 0 Å². The van der Waals surface area contributed by atoms with Crippen LogP contribution in [0.5, 0.6) is 0 Å². The standard InChI is InChI=1S/C15H22O/c1-15(16,14-11-7-4-8-12-14)13-9-5-2-3-6-10-13/h4,7-8,11-13,16H,2-3,5-6,9-10H2,1H3. The van der Waals surface area contributed by atoms with Crippen LogP contribution in [-0.4, -0.2) is 5.11 Å². The van der Waals surface area contributed by atoms with Gasteiger partial charge in [-0.2, -0.15) is 0 Å². The molecule has 1 aliphatic rings. The number of hydrogen-bond acceptors (Lipinski definition) is 1. The van der Waals surface area contributed by atoms with Gasteiger partial charge in [0.15, 0.2) is 0 Å². The minimum atomic E-state index is -0.647. The molecule has 0 aliphatic heterocycles. The second-order valence-electron chi connectivity index (χ2n) is 5.20. The van der Waals surface area contributed by atoms with Gasteiger partial charge in [-0.1, -0.05) is 56.0 Å². The Bertz CT molecular complexity index is 307. The van der Waals surface area contributed by atoms with Gasteiger partial charge in [-0.25, -0.2) is 0 Å². The Hall–Kier alpha value is -0.820. The molecule has 1 unspecified atom stereocenters. The third-order valence-corrected chi connectivity index (χ3v) is 4.01. The van der Waals surface area contributed by atoms with Gasteiger partial charge in [0.25, 0.3) is 0 Å². The molecule has 1 heteroatoms. The third kappa shape index (κ3) is 2.46. The Labute approximate surface area is 98.5 Å². The monoisotopic (exact) mass is 218 g/mol. The van der Waals surface area contributed by atoms with E-state index >= 15 is 0 Å². The minimum Gasteiger partial charge on any atom is -0.385 e. The quantitative estimate of drug-likeness (QED) is 0.747. The lowest BCUT2D eigenvalue weighted by molar-refractivity contribution is -0.0126. The summed E-state index contributed by atoms with van der Waals surface area (Å²) in [6, 6.07) is 10.1. The van der Waals surface area contributed by atoms with Gasteiger partial charge in [-0.15, -0.1) is 0 Å². The number of hydrogen-bond donors (Lipinski definition) is 1. The molecule has 2 rings (SSSR count). The van der Waals surface area contributed by atoms with Crippen LogP contribution >= 0.6 is 0 Å². The lowest BCUT2D eigenvalue weighted by Gasteiger charge is -2.33. The number of aliphatic hydroxyl groups is 1. The average Bonchev–Trinajstić information content (AvgIpc) is 2.59. The molecule has 1 atom stereocenters. The molecule has 16 heavy (non-hydrogen) atoms. The van der Waals surface area contributed by atoms with Crippen LogP contribution in [0.2, 0.25) is 0 Å². The van der Waals surface area contributed by atoms with Crippen molar-refractivity contribution >= 4 is 0 Å². The average molecular weight is 218 g/mol. The van der Waals surface area contributed by atoms with E-state index in [1.54, 1.807) is 0 Å². The van der Waals surface area contributed by atoms with Crippen molar-refractivity contribution in [3.63, 3.8) is 0 Å². The third-order valence-electron chi connectivity index (χ3n) is 4.01. The van der Waals surface area contributed by atoms with E-state index in [4.69, 9.17) is 0 Å². The van der Waals surface area contributed by atoms with Gasteiger partial charge in [0.2, 0.25) is 0 Å². The molecule has 1 N–H and O–H groups in total. The zero-order valence-electron chi connectivity index (χ0n) is 10.2. The highest BCUT2D eigenvalue weighted by Crippen LogP contribution is 2.37. The molecule has 0 heterocycles. The molecule has 0 radical (unpaired) electrons. The van der Waals surface area contributed by atoms with Crippen molar-refractivity contribution in [1.29, 1.82) is 0 Å². The summed E-state index contributed by atoms with van der Waals surface area (Å²) in [5.74, 6) is 0.428. The first-order valence-corrected chi connectivity index (χ1v) is 6.49. The minimum absolute atomic E-state index is 0.428. The highest BCUT2D eigenvalue weighted by Gasteiger charge is 2.33. The maximum Gasteiger partial charge on any atom is 0.0896 e. The van der Waals surface area contributed by atoms with E-state index in [0.717, 1.165) is 5.56 Å². The summed E-state index contributed by atoms with van der Waals surface area (Å²) < 4.78 is 0. The van der Waals surface area contributed by atoms with Crippen molar-refractivity contribution < 1.29 is 5.11 Å². The molecular weight excluding hydrogens is 196 g/mol. The molecule has 0 amide bonds. The van der Waals surface area contributed by atoms with Crippen molar-refractivity contribution in [3.05, 3.63) is 35.9 Å². The highest BCUT2D eigenvalue weighted by molar-refractivity contribution is 5.22. The Morgan fingerprint density at radius 3 is 2.12 bits per heavy atom. The first-order chi connectivity index (χ1) is 7.71. The SMILES string of the molecule is CC(O)(c1ccccc1)C1CCCCCC1. The molecule has 88 valence electrons. The summed E-state index contributed by atoms with van der Waals surface area (Å²) in [7, 11) is 0. The summed E-state index contributed by atoms with van der Waals surface area (Å²) >= 11 is 0. The fourth-order valence-electron chi connectivity index (χ4n) is 2.85. The van der Waals surface area contributed by atoms with E-state index in [1.807, 2.05) is 37.3 Å². The van der Waals surface area contributed by atoms with E-state index in [2.05, 4.69) is 0 Å². The van der Waals surface area contributed by atoms with Gasteiger partial charge in [-0.05, 0) is 31.2 Å². The normalized spacial score (nSPS) is 22.4. The Kier molecular flexibility index (Phi) is 3.65. The molecule has 0 spiro atoms. The van der Waals surface area contributed by atoms with E-state index in [0.29, 0.717) is 5.92 Å². The zero-order chi connectivity index (χ0) is 11.4. The first kappa shape index (κ1) is 11.7. The molecule has 1 aromatic carbocycles. The van der Waals surface area contributed by atoms with E-state index in [9.17, 15) is 5.11 Å². The Morgan fingerprint density at radius 1 is 1.00 bits per heavy atom. The molecule has 0 saturated heterocycles. The fraction of sp³-hybridized carbons (Fsp3) is 0.600. The second kappa shape index (κ2) is 5.01. The topological polar surface area (TPSA) is 20.2 Å². The van der Waals surface area contributed by atoms with E-state index < -0.39 is 5.60 Å². The molecule has 1 nitrogen and oxygen atoms in total. The second-order valence-corrected chi connectivity index (χ2v) is 5.20. The van der Waals surface area contributed by atoms with Crippen molar-refractivity contribution in [2.75, 3.05) is 0 Å². The van der Waals surface area contributed by atoms with Crippen molar-refractivity contribution in [2.45, 2.75) is 51.0 Å². The maximum absolute atomic E-state index is 10.7. The van der Waals surface area contributed by atoms with Crippen LogP contribution in [-0.2, 0) is 5.60 Å². The molecule has 1 aromatic rings. The van der Waals surface area contributed by atoms with Crippen LogP contribution in [0.1, 0.15) is 51.0 Å². The summed E-state index contributed by atoms with van der Waals surface area (Å²) in [6.45, 7) is 1.98. The van der Waals surface area contributed by atoms with Crippen LogP contribution < -0.4 is 0 Å². The van der Waals surface area contributed by atoms with Crippen LogP contribution in [0.25, 0.3) is 0 Å². The molecule has 1 fully saturated rings. The van der Waals surface area contributed by atoms with Crippen LogP contribution in [0.15, 0.2) is 30.3 Å². The molecule has 1 saturated carbocycles. The molecule has 0 aromatic heterocycles. The van der Waals surface area contributed by atoms with Crippen molar-refractivity contribution in [1.82, 2.24) is 0 Å². The fourth-order valence-corrected chi connectivity index (χ4v) is 2.85. The van der Waals surface area contributed by atoms with Gasteiger partial charge in [-0.3, -0.25) is 0 Å². The lowest BCUT2D eigenvalue weighted by Crippen LogP contribution is -2.31. The predicted octanol–water partition coefficient (Wildman–Crippen LogP) is 3.86. The molecular formula is C15H22O. The summed E-state index contributed by atoms with van der Waals surface area (Å²) in [6.07, 6.45) is 7.55. The van der Waals surface area contributed by atoms with E-state index in [-0.39, 0.29) is 0 Å². The summed E-state index contributed by atoms with van der Waals surface area (Å²) in [5.41, 5.74) is 0.424. The van der Waals surface area contributed by atoms with Gasteiger partial charge in [0, 0.05) is 0 Å². The number of rotatable bonds is 2. The van der Waals surface area contributed by atoms with E-state index in [1.165, 1.54) is 38.5 Å². The van der Waals surface area contributed by atoms with Crippen LogP contribution in [0, 0.1) is 5.92 Å². The van der Waals surface area contributed by atoms with Gasteiger partial charge < -0.3 is 5.11 Å². The maximum atomic E-state index is 10.7. The predicted molar refractivity (Wildman–Crippen MR) is 67.2 cm³/mol. The zero-order valence-corrected chi connectivity index (χ0v) is 10.2. The van der Waals surface area contributed by atoms with Crippen molar-refractivity contribution in [3.8, 4) is 0 Å². The first-order valence-electron chi connectivity index (χ1n) is 6.49. The largest absolute Gasteiger partial charge is 0.385 e. The molecule has 0 bridgehead atoms. The summed E-state index contributed by atoms with van der Waals surface area (Å²) in [4.78, 5) is 0.